The Hall–Kier alpha value is -0.970. The van der Waals surface area contributed by atoms with Gasteiger partial charge in [0.05, 0.1) is 5.01 Å². The molecule has 0 spiro atoms. The number of nitrogens with one attached hydrogen (secondary N) is 1. The van der Waals surface area contributed by atoms with Crippen molar-refractivity contribution in [1.29, 1.82) is 0 Å². The van der Waals surface area contributed by atoms with Crippen LogP contribution in [0, 0.1) is 5.82 Å². The van der Waals surface area contributed by atoms with Crippen LogP contribution in [-0.4, -0.2) is 12.0 Å². The molecular formula is C13H14ClFN2S. The molecule has 96 valence electrons. The number of aromatic nitrogens is 1. The summed E-state index contributed by atoms with van der Waals surface area (Å²) in [6.45, 7) is 2.09. The van der Waals surface area contributed by atoms with E-state index in [0.717, 1.165) is 10.6 Å². The third-order valence-corrected chi connectivity index (χ3v) is 4.32. The lowest BCUT2D eigenvalue weighted by Crippen LogP contribution is -2.10. The standard InChI is InChI=1S/C13H14ClFN2S/c1-8(16-2)12-7-17-13(18-12)5-9-3-4-10(15)6-11(9)14/h3-4,6-8,16H,5H2,1-2H3. The van der Waals surface area contributed by atoms with Gasteiger partial charge < -0.3 is 5.32 Å². The van der Waals surface area contributed by atoms with Crippen molar-refractivity contribution in [3.8, 4) is 0 Å². The fourth-order valence-electron chi connectivity index (χ4n) is 1.58. The molecule has 0 amide bonds. The SMILES string of the molecule is CNC(C)c1cnc(Cc2ccc(F)cc2Cl)s1. The number of nitrogens with zero attached hydrogens (tertiary/aromatic N) is 1. The third-order valence-electron chi connectivity index (χ3n) is 2.79. The Labute approximate surface area is 115 Å². The number of benzene rings is 1. The first kappa shape index (κ1) is 13.5. The molecule has 1 unspecified atom stereocenters. The van der Waals surface area contributed by atoms with E-state index in [4.69, 9.17) is 11.6 Å². The smallest absolute Gasteiger partial charge is 0.124 e. The Morgan fingerprint density at radius 1 is 1.50 bits per heavy atom. The second-order valence-electron chi connectivity index (χ2n) is 4.08. The predicted molar refractivity (Wildman–Crippen MR) is 73.8 cm³/mol. The van der Waals surface area contributed by atoms with Crippen molar-refractivity contribution in [3.63, 3.8) is 0 Å². The number of thiazole rings is 1. The summed E-state index contributed by atoms with van der Waals surface area (Å²) in [7, 11) is 1.92. The first-order valence-electron chi connectivity index (χ1n) is 5.66. The van der Waals surface area contributed by atoms with Gasteiger partial charge in [0.15, 0.2) is 0 Å². The fourth-order valence-corrected chi connectivity index (χ4v) is 2.82. The summed E-state index contributed by atoms with van der Waals surface area (Å²) >= 11 is 7.65. The maximum atomic E-state index is 12.9. The number of halogens is 2. The zero-order valence-electron chi connectivity index (χ0n) is 10.2. The Kier molecular flexibility index (Phi) is 4.32. The van der Waals surface area contributed by atoms with Gasteiger partial charge in [-0.1, -0.05) is 17.7 Å². The molecule has 2 rings (SSSR count). The van der Waals surface area contributed by atoms with Crippen LogP contribution in [0.1, 0.15) is 28.4 Å². The molecule has 0 aliphatic carbocycles. The second kappa shape index (κ2) is 5.78. The van der Waals surface area contributed by atoms with E-state index in [0.29, 0.717) is 17.5 Å². The molecule has 0 saturated carbocycles. The number of hydrogen-bond acceptors (Lipinski definition) is 3. The summed E-state index contributed by atoms with van der Waals surface area (Å²) in [5.74, 6) is -0.313. The molecule has 1 atom stereocenters. The Morgan fingerprint density at radius 2 is 2.28 bits per heavy atom. The lowest BCUT2D eigenvalue weighted by atomic mass is 10.1. The molecule has 0 aliphatic rings. The van der Waals surface area contributed by atoms with Gasteiger partial charge in [-0.25, -0.2) is 9.37 Å². The quantitative estimate of drug-likeness (QED) is 0.923. The van der Waals surface area contributed by atoms with Crippen LogP contribution in [0.2, 0.25) is 5.02 Å². The second-order valence-corrected chi connectivity index (χ2v) is 5.63. The average Bonchev–Trinajstić information content (AvgIpc) is 2.80. The van der Waals surface area contributed by atoms with Gasteiger partial charge in [0.1, 0.15) is 5.82 Å². The summed E-state index contributed by atoms with van der Waals surface area (Å²) in [6.07, 6.45) is 2.51. The van der Waals surface area contributed by atoms with E-state index in [1.165, 1.54) is 17.0 Å². The van der Waals surface area contributed by atoms with Gasteiger partial charge in [-0.2, -0.15) is 0 Å². The molecule has 1 aromatic heterocycles. The minimum Gasteiger partial charge on any atom is -0.312 e. The molecule has 2 nitrogen and oxygen atoms in total. The van der Waals surface area contributed by atoms with Crippen molar-refractivity contribution in [3.05, 3.63) is 50.7 Å². The van der Waals surface area contributed by atoms with Crippen molar-refractivity contribution in [2.45, 2.75) is 19.4 Å². The minimum absolute atomic E-state index is 0.292. The molecule has 5 heteroatoms. The highest BCUT2D eigenvalue weighted by Crippen LogP contribution is 2.25. The summed E-state index contributed by atoms with van der Waals surface area (Å²) in [5.41, 5.74) is 0.899. The van der Waals surface area contributed by atoms with E-state index >= 15 is 0 Å². The molecule has 0 bridgehead atoms. The van der Waals surface area contributed by atoms with Gasteiger partial charge >= 0.3 is 0 Å². The van der Waals surface area contributed by atoms with Crippen LogP contribution in [0.5, 0.6) is 0 Å². The summed E-state index contributed by atoms with van der Waals surface area (Å²) < 4.78 is 12.9. The van der Waals surface area contributed by atoms with Crippen LogP contribution < -0.4 is 5.32 Å². The first-order chi connectivity index (χ1) is 8.60. The van der Waals surface area contributed by atoms with Gasteiger partial charge in [-0.3, -0.25) is 0 Å². The fraction of sp³-hybridized carbons (Fsp3) is 0.308. The van der Waals surface area contributed by atoms with E-state index < -0.39 is 0 Å². The zero-order chi connectivity index (χ0) is 13.1. The highest BCUT2D eigenvalue weighted by Gasteiger charge is 2.10. The normalized spacial score (nSPS) is 12.7. The van der Waals surface area contributed by atoms with E-state index in [2.05, 4.69) is 17.2 Å². The van der Waals surface area contributed by atoms with Crippen LogP contribution in [0.3, 0.4) is 0 Å². The Balaban J connectivity index is 2.16. The molecule has 1 heterocycles. The molecule has 0 radical (unpaired) electrons. The zero-order valence-corrected chi connectivity index (χ0v) is 11.8. The Morgan fingerprint density at radius 3 is 2.94 bits per heavy atom. The van der Waals surface area contributed by atoms with Gasteiger partial charge in [-0.15, -0.1) is 11.3 Å². The highest BCUT2D eigenvalue weighted by molar-refractivity contribution is 7.11. The number of hydrogen-bond donors (Lipinski definition) is 1. The van der Waals surface area contributed by atoms with E-state index in [1.54, 1.807) is 17.4 Å². The van der Waals surface area contributed by atoms with Crippen LogP contribution in [0.15, 0.2) is 24.4 Å². The Bertz CT molecular complexity index is 542. The highest BCUT2D eigenvalue weighted by atomic mass is 35.5. The van der Waals surface area contributed by atoms with Crippen molar-refractivity contribution in [1.82, 2.24) is 10.3 Å². The van der Waals surface area contributed by atoms with Gasteiger partial charge in [0, 0.05) is 28.6 Å². The van der Waals surface area contributed by atoms with Crippen LogP contribution in [-0.2, 0) is 6.42 Å². The lowest BCUT2D eigenvalue weighted by Gasteiger charge is -2.05. The third kappa shape index (κ3) is 3.07. The predicted octanol–water partition coefficient (Wildman–Crippen LogP) is 3.81. The monoisotopic (exact) mass is 284 g/mol. The van der Waals surface area contributed by atoms with Gasteiger partial charge in [0.25, 0.3) is 0 Å². The van der Waals surface area contributed by atoms with Crippen LogP contribution in [0.4, 0.5) is 4.39 Å². The van der Waals surface area contributed by atoms with E-state index in [-0.39, 0.29) is 5.82 Å². The molecule has 0 saturated heterocycles. The number of rotatable bonds is 4. The summed E-state index contributed by atoms with van der Waals surface area (Å²) in [6, 6.07) is 4.76. The van der Waals surface area contributed by atoms with Crippen molar-refractivity contribution >= 4 is 22.9 Å². The summed E-state index contributed by atoms with van der Waals surface area (Å²) in [4.78, 5) is 5.56. The molecule has 2 aromatic rings. The molecule has 0 aliphatic heterocycles. The van der Waals surface area contributed by atoms with Crippen molar-refractivity contribution in [2.75, 3.05) is 7.05 Å². The molecule has 1 aromatic carbocycles. The minimum atomic E-state index is -0.313. The lowest BCUT2D eigenvalue weighted by molar-refractivity contribution is 0.627. The van der Waals surface area contributed by atoms with Gasteiger partial charge in [-0.05, 0) is 31.7 Å². The largest absolute Gasteiger partial charge is 0.312 e. The molecule has 18 heavy (non-hydrogen) atoms. The maximum absolute atomic E-state index is 12.9. The van der Waals surface area contributed by atoms with Crippen LogP contribution >= 0.6 is 22.9 Å². The average molecular weight is 285 g/mol. The van der Waals surface area contributed by atoms with Crippen molar-refractivity contribution < 1.29 is 4.39 Å². The maximum Gasteiger partial charge on any atom is 0.124 e. The molecule has 0 fully saturated rings. The summed E-state index contributed by atoms with van der Waals surface area (Å²) in [5, 5.41) is 4.61. The first-order valence-corrected chi connectivity index (χ1v) is 6.85. The van der Waals surface area contributed by atoms with E-state index in [1.807, 2.05) is 13.2 Å². The van der Waals surface area contributed by atoms with Crippen molar-refractivity contribution in [2.24, 2.45) is 0 Å². The van der Waals surface area contributed by atoms with Gasteiger partial charge in [0.2, 0.25) is 0 Å². The molecule has 1 N–H and O–H groups in total. The topological polar surface area (TPSA) is 24.9 Å². The van der Waals surface area contributed by atoms with Crippen LogP contribution in [0.25, 0.3) is 0 Å². The molecular weight excluding hydrogens is 271 g/mol. The van der Waals surface area contributed by atoms with E-state index in [9.17, 15) is 4.39 Å².